The van der Waals surface area contributed by atoms with Gasteiger partial charge >= 0.3 is 0 Å². The molecule has 0 radical (unpaired) electrons. The number of phenolic OH excluding ortho intramolecular Hbond substituents is 1. The van der Waals surface area contributed by atoms with E-state index in [1.807, 2.05) is 37.3 Å². The van der Waals surface area contributed by atoms with Crippen LogP contribution in [0.5, 0.6) is 5.75 Å². The first kappa shape index (κ1) is 9.71. The van der Waals surface area contributed by atoms with Crippen molar-refractivity contribution in [3.63, 3.8) is 0 Å². The number of aromatic hydroxyl groups is 1. The molecule has 0 aromatic heterocycles. The van der Waals surface area contributed by atoms with Crippen LogP contribution >= 0.6 is 0 Å². The first-order chi connectivity index (χ1) is 7.24. The molecule has 76 valence electrons. The number of nitrogens with zero attached hydrogens (tertiary/aromatic N) is 1. The predicted molar refractivity (Wildman–Crippen MR) is 63.7 cm³/mol. The maximum absolute atomic E-state index is 9.83. The molecule has 0 fully saturated rings. The van der Waals surface area contributed by atoms with Crippen LogP contribution in [-0.2, 0) is 0 Å². The van der Waals surface area contributed by atoms with Crippen LogP contribution < -0.4 is 0 Å². The Kier molecular flexibility index (Phi) is 2.42. The zero-order chi connectivity index (χ0) is 10.8. The van der Waals surface area contributed by atoms with Gasteiger partial charge in [-0.25, -0.2) is 0 Å². The third-order valence-electron chi connectivity index (χ3n) is 2.60. The lowest BCUT2D eigenvalue weighted by Crippen LogP contribution is -1.96. The minimum absolute atomic E-state index is 0.289. The SMILES string of the molecule is CN=C(C)c1c(O)ccc2ccccc12. The van der Waals surface area contributed by atoms with Gasteiger partial charge in [0.25, 0.3) is 0 Å². The molecule has 0 unspecified atom stereocenters. The summed E-state index contributed by atoms with van der Waals surface area (Å²) in [5.41, 5.74) is 1.68. The van der Waals surface area contributed by atoms with E-state index >= 15 is 0 Å². The van der Waals surface area contributed by atoms with Gasteiger partial charge in [0.1, 0.15) is 5.75 Å². The summed E-state index contributed by atoms with van der Waals surface area (Å²) in [7, 11) is 1.73. The van der Waals surface area contributed by atoms with Crippen LogP contribution in [0.1, 0.15) is 12.5 Å². The van der Waals surface area contributed by atoms with Gasteiger partial charge in [0.2, 0.25) is 0 Å². The van der Waals surface area contributed by atoms with Crippen LogP contribution in [0.4, 0.5) is 0 Å². The molecule has 2 heteroatoms. The maximum Gasteiger partial charge on any atom is 0.125 e. The highest BCUT2D eigenvalue weighted by Gasteiger charge is 2.08. The van der Waals surface area contributed by atoms with E-state index in [1.54, 1.807) is 13.1 Å². The van der Waals surface area contributed by atoms with Gasteiger partial charge < -0.3 is 5.11 Å². The molecule has 2 aromatic carbocycles. The number of phenols is 1. The van der Waals surface area contributed by atoms with Crippen LogP contribution in [-0.4, -0.2) is 17.9 Å². The highest BCUT2D eigenvalue weighted by molar-refractivity contribution is 6.11. The van der Waals surface area contributed by atoms with Gasteiger partial charge in [-0.1, -0.05) is 30.3 Å². The van der Waals surface area contributed by atoms with Gasteiger partial charge in [0.05, 0.1) is 0 Å². The second-order valence-corrected chi connectivity index (χ2v) is 3.49. The van der Waals surface area contributed by atoms with Crippen LogP contribution in [0, 0.1) is 0 Å². The summed E-state index contributed by atoms with van der Waals surface area (Å²) in [6.45, 7) is 1.90. The fourth-order valence-electron chi connectivity index (χ4n) is 1.75. The number of benzene rings is 2. The van der Waals surface area contributed by atoms with E-state index in [4.69, 9.17) is 0 Å². The highest BCUT2D eigenvalue weighted by Crippen LogP contribution is 2.27. The standard InChI is InChI=1S/C13H13NO/c1-9(14-2)13-11-6-4-3-5-10(11)7-8-12(13)15/h3-8,15H,1-2H3. The summed E-state index contributed by atoms with van der Waals surface area (Å²) in [5.74, 6) is 0.289. The van der Waals surface area contributed by atoms with E-state index in [0.717, 1.165) is 22.0 Å². The van der Waals surface area contributed by atoms with Crippen LogP contribution in [0.15, 0.2) is 41.4 Å². The molecule has 0 spiro atoms. The van der Waals surface area contributed by atoms with Crippen molar-refractivity contribution in [2.45, 2.75) is 6.92 Å². The Bertz CT molecular complexity index is 529. The molecule has 2 rings (SSSR count). The maximum atomic E-state index is 9.83. The number of fused-ring (bicyclic) bond motifs is 1. The zero-order valence-electron chi connectivity index (χ0n) is 8.86. The Morgan fingerprint density at radius 3 is 2.60 bits per heavy atom. The summed E-state index contributed by atoms with van der Waals surface area (Å²) in [6.07, 6.45) is 0. The number of rotatable bonds is 1. The van der Waals surface area contributed by atoms with Crippen molar-refractivity contribution >= 4 is 16.5 Å². The highest BCUT2D eigenvalue weighted by atomic mass is 16.3. The van der Waals surface area contributed by atoms with Gasteiger partial charge in [0.15, 0.2) is 0 Å². The van der Waals surface area contributed by atoms with Crippen LogP contribution in [0.25, 0.3) is 10.8 Å². The van der Waals surface area contributed by atoms with Crippen molar-refractivity contribution in [2.75, 3.05) is 7.05 Å². The second kappa shape index (κ2) is 3.73. The van der Waals surface area contributed by atoms with Gasteiger partial charge in [-0.2, -0.15) is 0 Å². The molecule has 0 saturated carbocycles. The van der Waals surface area contributed by atoms with Gasteiger partial charge in [0, 0.05) is 18.3 Å². The normalized spacial score (nSPS) is 12.0. The van der Waals surface area contributed by atoms with E-state index in [9.17, 15) is 5.11 Å². The van der Waals surface area contributed by atoms with Crippen molar-refractivity contribution in [3.05, 3.63) is 42.0 Å². The van der Waals surface area contributed by atoms with Gasteiger partial charge in [-0.3, -0.25) is 4.99 Å². The molecule has 0 aliphatic rings. The summed E-state index contributed by atoms with van der Waals surface area (Å²) in [4.78, 5) is 4.13. The van der Waals surface area contributed by atoms with E-state index in [-0.39, 0.29) is 5.75 Å². The van der Waals surface area contributed by atoms with Gasteiger partial charge in [-0.15, -0.1) is 0 Å². The van der Waals surface area contributed by atoms with Crippen molar-refractivity contribution in [1.82, 2.24) is 0 Å². The van der Waals surface area contributed by atoms with E-state index in [0.29, 0.717) is 0 Å². The fraction of sp³-hybridized carbons (Fsp3) is 0.154. The zero-order valence-corrected chi connectivity index (χ0v) is 8.86. The average molecular weight is 199 g/mol. The van der Waals surface area contributed by atoms with E-state index in [2.05, 4.69) is 4.99 Å². The second-order valence-electron chi connectivity index (χ2n) is 3.49. The Hall–Kier alpha value is -1.83. The molecule has 0 atom stereocenters. The summed E-state index contributed by atoms with van der Waals surface area (Å²) < 4.78 is 0. The quantitative estimate of drug-likeness (QED) is 0.703. The molecule has 0 bridgehead atoms. The van der Waals surface area contributed by atoms with Crippen molar-refractivity contribution < 1.29 is 5.11 Å². The molecule has 2 aromatic rings. The Labute approximate surface area is 88.9 Å². The monoisotopic (exact) mass is 199 g/mol. The minimum Gasteiger partial charge on any atom is -0.507 e. The Morgan fingerprint density at radius 1 is 1.13 bits per heavy atom. The smallest absolute Gasteiger partial charge is 0.125 e. The van der Waals surface area contributed by atoms with Crippen molar-refractivity contribution in [1.29, 1.82) is 0 Å². The molecule has 0 heterocycles. The Balaban J connectivity index is 2.86. The summed E-state index contributed by atoms with van der Waals surface area (Å²) in [5, 5.41) is 12.0. The summed E-state index contributed by atoms with van der Waals surface area (Å²) in [6, 6.07) is 11.6. The predicted octanol–water partition coefficient (Wildman–Crippen LogP) is 2.98. The molecular formula is C13H13NO. The first-order valence-corrected chi connectivity index (χ1v) is 4.88. The van der Waals surface area contributed by atoms with Crippen LogP contribution in [0.2, 0.25) is 0 Å². The molecular weight excluding hydrogens is 186 g/mol. The number of hydrogen-bond acceptors (Lipinski definition) is 2. The van der Waals surface area contributed by atoms with E-state index < -0.39 is 0 Å². The average Bonchev–Trinajstić information content (AvgIpc) is 2.28. The molecule has 2 nitrogen and oxygen atoms in total. The van der Waals surface area contributed by atoms with Crippen molar-refractivity contribution in [3.8, 4) is 5.75 Å². The molecule has 1 N–H and O–H groups in total. The minimum atomic E-state index is 0.289. The van der Waals surface area contributed by atoms with Crippen molar-refractivity contribution in [2.24, 2.45) is 4.99 Å². The number of hydrogen-bond donors (Lipinski definition) is 1. The first-order valence-electron chi connectivity index (χ1n) is 4.88. The lowest BCUT2D eigenvalue weighted by molar-refractivity contribution is 0.475. The third-order valence-corrected chi connectivity index (χ3v) is 2.60. The molecule has 0 aliphatic carbocycles. The molecule has 0 aliphatic heterocycles. The molecule has 0 saturated heterocycles. The van der Waals surface area contributed by atoms with Crippen LogP contribution in [0.3, 0.4) is 0 Å². The van der Waals surface area contributed by atoms with E-state index in [1.165, 1.54) is 0 Å². The lowest BCUT2D eigenvalue weighted by Gasteiger charge is -2.08. The molecule has 0 amide bonds. The largest absolute Gasteiger partial charge is 0.507 e. The fourth-order valence-corrected chi connectivity index (χ4v) is 1.75. The van der Waals surface area contributed by atoms with Gasteiger partial charge in [-0.05, 0) is 23.8 Å². The Morgan fingerprint density at radius 2 is 1.87 bits per heavy atom. The topological polar surface area (TPSA) is 32.6 Å². The third kappa shape index (κ3) is 1.59. The number of aliphatic imine (C=N–C) groups is 1. The lowest BCUT2D eigenvalue weighted by atomic mass is 10.0. The molecule has 15 heavy (non-hydrogen) atoms. The summed E-state index contributed by atoms with van der Waals surface area (Å²) >= 11 is 0.